The number of fused-ring (bicyclic) bond motifs is 2. The molecular weight excluding hydrogens is 350 g/mol. The number of hydrogen-bond donors (Lipinski definition) is 6. The maximum atomic E-state index is 6.60. The number of aromatic nitrogens is 2. The molecule has 4 aromatic rings. The lowest BCUT2D eigenvalue weighted by Gasteiger charge is -2.30. The SMILES string of the molecule is NC1=CNC(Nc2ccc3[nH]ccc3c2)=NC1(N)Cc1ccc2[nH]ccc2c1. The summed E-state index contributed by atoms with van der Waals surface area (Å²) >= 11 is 0. The summed E-state index contributed by atoms with van der Waals surface area (Å²) in [7, 11) is 0. The highest BCUT2D eigenvalue weighted by atomic mass is 15.2. The minimum atomic E-state index is -1.02. The molecule has 3 heterocycles. The molecule has 7 nitrogen and oxygen atoms in total. The molecule has 1 aliphatic heterocycles. The Bertz CT molecular complexity index is 1230. The van der Waals surface area contributed by atoms with Crippen LogP contribution in [0.3, 0.4) is 0 Å². The van der Waals surface area contributed by atoms with E-state index in [0.29, 0.717) is 18.1 Å². The average Bonchev–Trinajstić information content (AvgIpc) is 3.33. The summed E-state index contributed by atoms with van der Waals surface area (Å²) in [6.07, 6.45) is 6.05. The highest BCUT2D eigenvalue weighted by Crippen LogP contribution is 2.24. The molecule has 1 atom stereocenters. The largest absolute Gasteiger partial charge is 0.398 e. The number of hydrogen-bond acceptors (Lipinski definition) is 5. The number of rotatable bonds is 3. The molecule has 7 heteroatoms. The average molecular weight is 371 g/mol. The van der Waals surface area contributed by atoms with Crippen LogP contribution in [-0.4, -0.2) is 21.6 Å². The van der Waals surface area contributed by atoms with E-state index in [0.717, 1.165) is 33.1 Å². The zero-order chi connectivity index (χ0) is 19.1. The van der Waals surface area contributed by atoms with Gasteiger partial charge in [-0.2, -0.15) is 0 Å². The van der Waals surface area contributed by atoms with Crippen LogP contribution in [0.2, 0.25) is 0 Å². The van der Waals surface area contributed by atoms with E-state index in [2.05, 4.69) is 37.7 Å². The van der Waals surface area contributed by atoms with Crippen molar-refractivity contribution in [1.82, 2.24) is 15.3 Å². The van der Waals surface area contributed by atoms with Gasteiger partial charge in [-0.05, 0) is 53.4 Å². The third kappa shape index (κ3) is 2.87. The zero-order valence-electron chi connectivity index (χ0n) is 15.2. The number of nitrogens with one attached hydrogen (secondary N) is 4. The van der Waals surface area contributed by atoms with Crippen LogP contribution in [0.15, 0.2) is 77.8 Å². The molecule has 0 aliphatic carbocycles. The first kappa shape index (κ1) is 16.5. The van der Waals surface area contributed by atoms with Crippen LogP contribution in [0, 0.1) is 0 Å². The number of nitrogens with zero attached hydrogens (tertiary/aromatic N) is 1. The molecule has 0 amide bonds. The van der Waals surface area contributed by atoms with Gasteiger partial charge in [-0.1, -0.05) is 6.07 Å². The normalized spacial score (nSPS) is 19.3. The molecule has 0 saturated carbocycles. The van der Waals surface area contributed by atoms with Crippen molar-refractivity contribution in [2.24, 2.45) is 16.5 Å². The number of aliphatic imine (C=N–C) groups is 1. The van der Waals surface area contributed by atoms with Crippen molar-refractivity contribution in [1.29, 1.82) is 0 Å². The Labute approximate surface area is 161 Å². The first-order valence-electron chi connectivity index (χ1n) is 9.11. The van der Waals surface area contributed by atoms with E-state index < -0.39 is 5.66 Å². The lowest BCUT2D eigenvalue weighted by atomic mass is 9.96. The predicted octanol–water partition coefficient (Wildman–Crippen LogP) is 2.72. The highest BCUT2D eigenvalue weighted by molar-refractivity contribution is 5.97. The molecule has 0 radical (unpaired) electrons. The van der Waals surface area contributed by atoms with Gasteiger partial charge < -0.3 is 32.1 Å². The fourth-order valence-electron chi connectivity index (χ4n) is 3.56. The minimum Gasteiger partial charge on any atom is -0.398 e. The Hall–Kier alpha value is -3.71. The number of nitrogens with two attached hydrogens (primary N) is 2. The number of H-pyrrole nitrogens is 2. The van der Waals surface area contributed by atoms with E-state index >= 15 is 0 Å². The summed E-state index contributed by atoms with van der Waals surface area (Å²) in [6, 6.07) is 16.3. The van der Waals surface area contributed by atoms with Crippen molar-refractivity contribution in [3.63, 3.8) is 0 Å². The molecule has 0 saturated heterocycles. The van der Waals surface area contributed by atoms with Gasteiger partial charge in [0.05, 0.1) is 5.70 Å². The van der Waals surface area contributed by atoms with E-state index in [9.17, 15) is 0 Å². The van der Waals surface area contributed by atoms with Crippen molar-refractivity contribution in [2.45, 2.75) is 12.1 Å². The van der Waals surface area contributed by atoms with E-state index in [1.807, 2.05) is 48.8 Å². The van der Waals surface area contributed by atoms with Crippen LogP contribution < -0.4 is 22.1 Å². The van der Waals surface area contributed by atoms with Crippen molar-refractivity contribution < 1.29 is 0 Å². The smallest absolute Gasteiger partial charge is 0.202 e. The summed E-state index contributed by atoms with van der Waals surface area (Å²) in [4.78, 5) is 11.1. The molecule has 0 spiro atoms. The molecule has 28 heavy (non-hydrogen) atoms. The second kappa shape index (κ2) is 6.17. The summed E-state index contributed by atoms with van der Waals surface area (Å²) < 4.78 is 0. The van der Waals surface area contributed by atoms with Gasteiger partial charge in [0.25, 0.3) is 0 Å². The molecule has 1 unspecified atom stereocenters. The van der Waals surface area contributed by atoms with Crippen molar-refractivity contribution in [2.75, 3.05) is 5.32 Å². The molecule has 8 N–H and O–H groups in total. The van der Waals surface area contributed by atoms with E-state index in [1.54, 1.807) is 6.20 Å². The topological polar surface area (TPSA) is 120 Å². The van der Waals surface area contributed by atoms with Gasteiger partial charge in [0.1, 0.15) is 0 Å². The highest BCUT2D eigenvalue weighted by Gasteiger charge is 2.31. The summed E-state index contributed by atoms with van der Waals surface area (Å²) in [5.41, 5.74) is 16.4. The van der Waals surface area contributed by atoms with E-state index in [-0.39, 0.29) is 0 Å². The monoisotopic (exact) mass is 371 g/mol. The van der Waals surface area contributed by atoms with Gasteiger partial charge in [0.15, 0.2) is 5.66 Å². The third-order valence-corrected chi connectivity index (χ3v) is 5.08. The van der Waals surface area contributed by atoms with Gasteiger partial charge in [0.2, 0.25) is 5.96 Å². The van der Waals surface area contributed by atoms with E-state index in [4.69, 9.17) is 11.5 Å². The van der Waals surface area contributed by atoms with E-state index in [1.165, 1.54) is 0 Å². The van der Waals surface area contributed by atoms with Gasteiger partial charge in [-0.15, -0.1) is 0 Å². The van der Waals surface area contributed by atoms with Crippen LogP contribution in [0.4, 0.5) is 5.69 Å². The van der Waals surface area contributed by atoms with Crippen LogP contribution >= 0.6 is 0 Å². The van der Waals surface area contributed by atoms with Crippen molar-refractivity contribution in [3.8, 4) is 0 Å². The quantitative estimate of drug-likeness (QED) is 0.332. The number of benzene rings is 2. The summed E-state index contributed by atoms with van der Waals surface area (Å²) in [5, 5.41) is 8.63. The molecule has 140 valence electrons. The van der Waals surface area contributed by atoms with Gasteiger partial charge in [-0.25, -0.2) is 4.99 Å². The molecular formula is C21H21N7. The second-order valence-corrected chi connectivity index (χ2v) is 7.11. The maximum Gasteiger partial charge on any atom is 0.202 e. The molecule has 2 aromatic heterocycles. The lowest BCUT2D eigenvalue weighted by Crippen LogP contribution is -2.51. The minimum absolute atomic E-state index is 0.494. The molecule has 1 aliphatic rings. The molecule has 2 aromatic carbocycles. The Morgan fingerprint density at radius 1 is 0.929 bits per heavy atom. The number of anilines is 1. The van der Waals surface area contributed by atoms with Crippen molar-refractivity contribution in [3.05, 3.63) is 78.4 Å². The first-order chi connectivity index (χ1) is 13.6. The zero-order valence-corrected chi connectivity index (χ0v) is 15.2. The van der Waals surface area contributed by atoms with Gasteiger partial charge >= 0.3 is 0 Å². The standard InChI is InChI=1S/C21H21N7/c22-19-12-26-20(27-16-2-4-18-15(10-16)6-8-25-18)28-21(19,23)11-13-1-3-17-14(9-13)5-7-24-17/h1-10,12,24-25H,11,22-23H2,(H2,26,27,28). The fourth-order valence-corrected chi connectivity index (χ4v) is 3.56. The van der Waals surface area contributed by atoms with Crippen LogP contribution in [0.1, 0.15) is 5.56 Å². The lowest BCUT2D eigenvalue weighted by molar-refractivity contribution is 0.503. The van der Waals surface area contributed by atoms with Crippen LogP contribution in [0.25, 0.3) is 21.8 Å². The predicted molar refractivity (Wildman–Crippen MR) is 114 cm³/mol. The molecule has 0 bridgehead atoms. The van der Waals surface area contributed by atoms with Gasteiger partial charge in [-0.3, -0.25) is 0 Å². The Balaban J connectivity index is 1.42. The summed E-state index contributed by atoms with van der Waals surface area (Å²) in [5.74, 6) is 0.564. The Morgan fingerprint density at radius 3 is 2.43 bits per heavy atom. The van der Waals surface area contributed by atoms with Crippen LogP contribution in [0.5, 0.6) is 0 Å². The van der Waals surface area contributed by atoms with Gasteiger partial charge in [0, 0.05) is 47.1 Å². The molecule has 5 rings (SSSR count). The third-order valence-electron chi connectivity index (χ3n) is 5.08. The number of guanidine groups is 1. The Morgan fingerprint density at radius 2 is 1.64 bits per heavy atom. The fraction of sp³-hybridized carbons (Fsp3) is 0.0952. The maximum absolute atomic E-state index is 6.60. The van der Waals surface area contributed by atoms with Crippen LogP contribution in [-0.2, 0) is 6.42 Å². The first-order valence-corrected chi connectivity index (χ1v) is 9.11. The second-order valence-electron chi connectivity index (χ2n) is 7.11. The number of aromatic amines is 2. The Kier molecular flexibility index (Phi) is 3.63. The van der Waals surface area contributed by atoms with Crippen molar-refractivity contribution >= 4 is 33.5 Å². The molecule has 0 fully saturated rings. The summed E-state index contributed by atoms with van der Waals surface area (Å²) in [6.45, 7) is 0.